The number of rotatable bonds is 6. The summed E-state index contributed by atoms with van der Waals surface area (Å²) in [6.45, 7) is 5.86. The molecule has 0 spiro atoms. The van der Waals surface area contributed by atoms with Gasteiger partial charge in [0.2, 0.25) is 5.91 Å². The third kappa shape index (κ3) is 5.53. The molecule has 1 fully saturated rings. The molecule has 3 atom stereocenters. The lowest BCUT2D eigenvalue weighted by Crippen LogP contribution is -2.35. The average molecular weight is 240 g/mol. The zero-order chi connectivity index (χ0) is 12.7. The van der Waals surface area contributed by atoms with Gasteiger partial charge in [0.25, 0.3) is 0 Å². The van der Waals surface area contributed by atoms with Crippen LogP contribution in [0.5, 0.6) is 0 Å². The minimum absolute atomic E-state index is 0.111. The van der Waals surface area contributed by atoms with Gasteiger partial charge in [-0.2, -0.15) is 0 Å². The van der Waals surface area contributed by atoms with E-state index in [0.717, 1.165) is 25.3 Å². The van der Waals surface area contributed by atoms with Crippen molar-refractivity contribution in [3.63, 3.8) is 0 Å². The van der Waals surface area contributed by atoms with Crippen LogP contribution in [0.15, 0.2) is 0 Å². The third-order valence-corrected chi connectivity index (χ3v) is 3.90. The smallest absolute Gasteiger partial charge is 0.222 e. The van der Waals surface area contributed by atoms with E-state index in [1.165, 1.54) is 25.7 Å². The van der Waals surface area contributed by atoms with Gasteiger partial charge in [0, 0.05) is 12.5 Å². The molecule has 1 rings (SSSR count). The van der Waals surface area contributed by atoms with Gasteiger partial charge in [-0.15, -0.1) is 0 Å². The van der Waals surface area contributed by atoms with Crippen molar-refractivity contribution in [2.24, 2.45) is 23.5 Å². The first-order valence-corrected chi connectivity index (χ1v) is 7.11. The molecule has 1 aliphatic rings. The zero-order valence-electron chi connectivity index (χ0n) is 11.4. The van der Waals surface area contributed by atoms with Crippen molar-refractivity contribution >= 4 is 5.91 Å². The van der Waals surface area contributed by atoms with Crippen LogP contribution in [0.4, 0.5) is 0 Å². The van der Waals surface area contributed by atoms with Crippen molar-refractivity contribution in [2.75, 3.05) is 13.1 Å². The van der Waals surface area contributed by atoms with Gasteiger partial charge >= 0.3 is 0 Å². The quantitative estimate of drug-likeness (QED) is 0.748. The van der Waals surface area contributed by atoms with E-state index < -0.39 is 0 Å². The van der Waals surface area contributed by atoms with Gasteiger partial charge in [0.1, 0.15) is 0 Å². The summed E-state index contributed by atoms with van der Waals surface area (Å²) in [7, 11) is 0. The average Bonchev–Trinajstić information content (AvgIpc) is 2.33. The lowest BCUT2D eigenvalue weighted by molar-refractivity contribution is -0.124. The molecule has 0 saturated heterocycles. The van der Waals surface area contributed by atoms with E-state index >= 15 is 0 Å². The monoisotopic (exact) mass is 240 g/mol. The van der Waals surface area contributed by atoms with Crippen LogP contribution in [0.1, 0.15) is 52.4 Å². The van der Waals surface area contributed by atoms with Crippen LogP contribution in [0, 0.1) is 17.8 Å². The van der Waals surface area contributed by atoms with Crippen LogP contribution < -0.4 is 11.1 Å². The summed E-state index contributed by atoms with van der Waals surface area (Å²) in [4.78, 5) is 11.8. The van der Waals surface area contributed by atoms with Crippen molar-refractivity contribution in [1.29, 1.82) is 0 Å². The largest absolute Gasteiger partial charge is 0.356 e. The maximum absolute atomic E-state index is 11.8. The molecule has 1 amide bonds. The number of carbonyl (C=O) groups excluding carboxylic acids is 1. The minimum Gasteiger partial charge on any atom is -0.356 e. The van der Waals surface area contributed by atoms with E-state index in [1.54, 1.807) is 0 Å². The first kappa shape index (κ1) is 14.5. The van der Waals surface area contributed by atoms with Gasteiger partial charge in [-0.25, -0.2) is 0 Å². The molecule has 3 N–H and O–H groups in total. The van der Waals surface area contributed by atoms with Gasteiger partial charge in [-0.3, -0.25) is 4.79 Å². The summed E-state index contributed by atoms with van der Waals surface area (Å²) in [5, 5.41) is 3.10. The summed E-state index contributed by atoms with van der Waals surface area (Å²) in [6.07, 6.45) is 7.08. The summed E-state index contributed by atoms with van der Waals surface area (Å²) >= 11 is 0. The number of nitrogens with two attached hydrogens (primary N) is 1. The Morgan fingerprint density at radius 2 is 2.24 bits per heavy atom. The molecule has 0 heterocycles. The van der Waals surface area contributed by atoms with Crippen LogP contribution in [-0.4, -0.2) is 19.0 Å². The Morgan fingerprint density at radius 3 is 2.88 bits per heavy atom. The third-order valence-electron chi connectivity index (χ3n) is 3.90. The highest BCUT2D eigenvalue weighted by atomic mass is 16.1. The van der Waals surface area contributed by atoms with Crippen LogP contribution >= 0.6 is 0 Å². The Balaban J connectivity index is 2.18. The van der Waals surface area contributed by atoms with Crippen molar-refractivity contribution < 1.29 is 4.79 Å². The summed E-state index contributed by atoms with van der Waals surface area (Å²) in [6, 6.07) is 0. The van der Waals surface area contributed by atoms with E-state index in [4.69, 9.17) is 5.73 Å². The second-order valence-corrected chi connectivity index (χ2v) is 5.71. The summed E-state index contributed by atoms with van der Waals surface area (Å²) in [5.41, 5.74) is 5.45. The van der Waals surface area contributed by atoms with E-state index in [1.807, 2.05) is 6.92 Å². The highest BCUT2D eigenvalue weighted by molar-refractivity contribution is 5.78. The number of hydrogen-bond acceptors (Lipinski definition) is 2. The van der Waals surface area contributed by atoms with Crippen molar-refractivity contribution in [3.8, 4) is 0 Å². The molecule has 17 heavy (non-hydrogen) atoms. The molecule has 0 aromatic rings. The molecule has 1 saturated carbocycles. The topological polar surface area (TPSA) is 55.1 Å². The van der Waals surface area contributed by atoms with Gasteiger partial charge in [0.05, 0.1) is 0 Å². The van der Waals surface area contributed by atoms with E-state index in [-0.39, 0.29) is 11.8 Å². The van der Waals surface area contributed by atoms with E-state index in [2.05, 4.69) is 12.2 Å². The molecule has 3 unspecified atom stereocenters. The Labute approximate surface area is 106 Å². The molecule has 0 aromatic heterocycles. The van der Waals surface area contributed by atoms with Gasteiger partial charge in [-0.05, 0) is 44.1 Å². The molecular weight excluding hydrogens is 212 g/mol. The van der Waals surface area contributed by atoms with Gasteiger partial charge in [0.15, 0.2) is 0 Å². The van der Waals surface area contributed by atoms with Gasteiger partial charge in [-0.1, -0.05) is 26.7 Å². The minimum atomic E-state index is 0.111. The lowest BCUT2D eigenvalue weighted by atomic mass is 9.82. The Hall–Kier alpha value is -0.570. The second-order valence-electron chi connectivity index (χ2n) is 5.71. The Morgan fingerprint density at radius 1 is 1.47 bits per heavy atom. The maximum Gasteiger partial charge on any atom is 0.222 e. The van der Waals surface area contributed by atoms with Crippen molar-refractivity contribution in [3.05, 3.63) is 0 Å². The highest BCUT2D eigenvalue weighted by Gasteiger charge is 2.20. The summed E-state index contributed by atoms with van der Waals surface area (Å²) < 4.78 is 0. The first-order valence-electron chi connectivity index (χ1n) is 7.11. The Kier molecular flexibility index (Phi) is 6.56. The molecule has 3 heteroatoms. The van der Waals surface area contributed by atoms with Crippen LogP contribution in [0.25, 0.3) is 0 Å². The molecule has 100 valence electrons. The number of carbonyl (C=O) groups is 1. The SMILES string of the molecule is CC1CCCC(CNC(=O)C(C)CCCN)C1. The normalized spacial score (nSPS) is 26.5. The number of amides is 1. The second kappa shape index (κ2) is 7.70. The number of hydrogen-bond donors (Lipinski definition) is 2. The van der Waals surface area contributed by atoms with Crippen LogP contribution in [0.3, 0.4) is 0 Å². The standard InChI is InChI=1S/C14H28N2O/c1-11-5-3-7-13(9-11)10-16-14(17)12(2)6-4-8-15/h11-13H,3-10,15H2,1-2H3,(H,16,17). The summed E-state index contributed by atoms with van der Waals surface area (Å²) in [5.74, 6) is 1.85. The molecule has 0 aromatic carbocycles. The highest BCUT2D eigenvalue weighted by Crippen LogP contribution is 2.27. The predicted molar refractivity (Wildman–Crippen MR) is 71.6 cm³/mol. The van der Waals surface area contributed by atoms with E-state index in [0.29, 0.717) is 12.5 Å². The van der Waals surface area contributed by atoms with Crippen LogP contribution in [0.2, 0.25) is 0 Å². The van der Waals surface area contributed by atoms with Crippen molar-refractivity contribution in [1.82, 2.24) is 5.32 Å². The fourth-order valence-corrected chi connectivity index (χ4v) is 2.72. The van der Waals surface area contributed by atoms with Crippen molar-refractivity contribution in [2.45, 2.75) is 52.4 Å². The van der Waals surface area contributed by atoms with Crippen LogP contribution in [-0.2, 0) is 4.79 Å². The maximum atomic E-state index is 11.8. The molecule has 0 radical (unpaired) electrons. The Bertz CT molecular complexity index is 230. The number of nitrogens with one attached hydrogen (secondary N) is 1. The molecule has 3 nitrogen and oxygen atoms in total. The first-order chi connectivity index (χ1) is 8.13. The molecular formula is C14H28N2O. The fraction of sp³-hybridized carbons (Fsp3) is 0.929. The fourth-order valence-electron chi connectivity index (χ4n) is 2.72. The lowest BCUT2D eigenvalue weighted by Gasteiger charge is -2.27. The molecule has 1 aliphatic carbocycles. The predicted octanol–water partition coefficient (Wildman–Crippen LogP) is 2.30. The van der Waals surface area contributed by atoms with Gasteiger partial charge < -0.3 is 11.1 Å². The molecule has 0 bridgehead atoms. The zero-order valence-corrected chi connectivity index (χ0v) is 11.4. The molecule has 0 aliphatic heterocycles. The van der Waals surface area contributed by atoms with E-state index in [9.17, 15) is 4.79 Å².